The van der Waals surface area contributed by atoms with Crippen LogP contribution in [0.15, 0.2) is 42.5 Å². The number of amides is 1. The van der Waals surface area contributed by atoms with Gasteiger partial charge in [-0.25, -0.2) is 0 Å². The average Bonchev–Trinajstić information content (AvgIpc) is 2.63. The van der Waals surface area contributed by atoms with E-state index in [2.05, 4.69) is 38.1 Å². The van der Waals surface area contributed by atoms with E-state index in [9.17, 15) is 4.79 Å². The third kappa shape index (κ3) is 5.35. The second-order valence-electron chi connectivity index (χ2n) is 6.31. The molecule has 2 aromatic carbocycles. The predicted molar refractivity (Wildman–Crippen MR) is 104 cm³/mol. The summed E-state index contributed by atoms with van der Waals surface area (Å²) in [7, 11) is 0. The predicted octanol–water partition coefficient (Wildman–Crippen LogP) is 4.58. The summed E-state index contributed by atoms with van der Waals surface area (Å²) in [5, 5.41) is 8.92. The van der Waals surface area contributed by atoms with Crippen molar-refractivity contribution in [2.45, 2.75) is 40.0 Å². The fourth-order valence-corrected chi connectivity index (χ4v) is 2.95. The lowest BCUT2D eigenvalue weighted by atomic mass is 10.0. The Hall–Kier alpha value is -2.80. The number of carbonyl (C=O) groups excluding carboxylic acids is 1. The number of aryl methyl sites for hydroxylation is 3. The Morgan fingerprint density at radius 3 is 2.50 bits per heavy atom. The van der Waals surface area contributed by atoms with Gasteiger partial charge in [0, 0.05) is 18.7 Å². The van der Waals surface area contributed by atoms with Crippen molar-refractivity contribution in [1.82, 2.24) is 0 Å². The van der Waals surface area contributed by atoms with Crippen molar-refractivity contribution >= 4 is 11.6 Å². The molecule has 136 valence electrons. The normalized spacial score (nSPS) is 10.2. The quantitative estimate of drug-likeness (QED) is 0.700. The van der Waals surface area contributed by atoms with E-state index in [-0.39, 0.29) is 5.91 Å². The molecule has 0 unspecified atom stereocenters. The Balaban J connectivity index is 2.09. The lowest BCUT2D eigenvalue weighted by molar-refractivity contribution is -0.118. The molecule has 0 aromatic heterocycles. The van der Waals surface area contributed by atoms with Gasteiger partial charge in [-0.15, -0.1) is 0 Å². The number of nitriles is 1. The molecule has 2 rings (SSSR count). The molecule has 4 nitrogen and oxygen atoms in total. The van der Waals surface area contributed by atoms with E-state index in [0.717, 1.165) is 11.4 Å². The molecule has 0 aliphatic carbocycles. The second-order valence-corrected chi connectivity index (χ2v) is 6.31. The molecule has 0 N–H and O–H groups in total. The van der Waals surface area contributed by atoms with E-state index in [1.807, 2.05) is 31.2 Å². The Bertz CT molecular complexity index is 776. The number of nitrogens with zero attached hydrogens (tertiary/aromatic N) is 2. The largest absolute Gasteiger partial charge is 0.494 e. The van der Waals surface area contributed by atoms with Crippen LogP contribution in [0.5, 0.6) is 5.75 Å². The van der Waals surface area contributed by atoms with Crippen molar-refractivity contribution < 1.29 is 9.53 Å². The van der Waals surface area contributed by atoms with Gasteiger partial charge in [0.15, 0.2) is 0 Å². The highest BCUT2D eigenvalue weighted by atomic mass is 16.5. The van der Waals surface area contributed by atoms with Gasteiger partial charge in [-0.2, -0.15) is 5.26 Å². The highest BCUT2D eigenvalue weighted by molar-refractivity contribution is 5.93. The van der Waals surface area contributed by atoms with Crippen LogP contribution >= 0.6 is 0 Å². The molecule has 0 fully saturated rings. The maximum atomic E-state index is 12.8. The molecule has 1 amide bonds. The minimum atomic E-state index is 0.0318. The van der Waals surface area contributed by atoms with Crippen molar-refractivity contribution in [3.8, 4) is 11.8 Å². The lowest BCUT2D eigenvalue weighted by Gasteiger charge is -2.22. The maximum Gasteiger partial charge on any atom is 0.227 e. The Morgan fingerprint density at radius 1 is 1.15 bits per heavy atom. The summed E-state index contributed by atoms with van der Waals surface area (Å²) >= 11 is 0. The molecule has 0 bridgehead atoms. The molecule has 4 heteroatoms. The standard InChI is InChI=1S/C22H26N2O2/c1-4-26-21-11-9-20(10-12-21)24(15-5-14-23)22(25)13-8-19-7-6-17(2)16-18(19)3/h6-7,9-12,16H,4-5,8,13,15H2,1-3H3. The van der Waals surface area contributed by atoms with Crippen molar-refractivity contribution in [2.75, 3.05) is 18.1 Å². The minimum absolute atomic E-state index is 0.0318. The SMILES string of the molecule is CCOc1ccc(N(CCC#N)C(=O)CCc2ccc(C)cc2C)cc1. The van der Waals surface area contributed by atoms with E-state index in [1.165, 1.54) is 16.7 Å². The number of benzene rings is 2. The summed E-state index contributed by atoms with van der Waals surface area (Å²) < 4.78 is 5.45. The number of carbonyl (C=O) groups is 1. The molecular formula is C22H26N2O2. The first-order valence-electron chi connectivity index (χ1n) is 9.01. The third-order valence-corrected chi connectivity index (χ3v) is 4.31. The molecule has 0 saturated heterocycles. The smallest absolute Gasteiger partial charge is 0.227 e. The van der Waals surface area contributed by atoms with Gasteiger partial charge < -0.3 is 9.64 Å². The van der Waals surface area contributed by atoms with Gasteiger partial charge in [0.2, 0.25) is 5.91 Å². The third-order valence-electron chi connectivity index (χ3n) is 4.31. The zero-order valence-corrected chi connectivity index (χ0v) is 15.8. The Morgan fingerprint density at radius 2 is 1.88 bits per heavy atom. The highest BCUT2D eigenvalue weighted by Crippen LogP contribution is 2.21. The van der Waals surface area contributed by atoms with Crippen molar-refractivity contribution in [3.63, 3.8) is 0 Å². The molecular weight excluding hydrogens is 324 g/mol. The lowest BCUT2D eigenvalue weighted by Crippen LogP contribution is -2.32. The summed E-state index contributed by atoms with van der Waals surface area (Å²) in [5.74, 6) is 0.809. The number of hydrogen-bond acceptors (Lipinski definition) is 3. The van der Waals surface area contributed by atoms with Crippen molar-refractivity contribution in [3.05, 3.63) is 59.2 Å². The summed E-state index contributed by atoms with van der Waals surface area (Å²) in [6.07, 6.45) is 1.43. The molecule has 0 aliphatic rings. The van der Waals surface area contributed by atoms with Gasteiger partial charge in [0.25, 0.3) is 0 Å². The summed E-state index contributed by atoms with van der Waals surface area (Å²) in [4.78, 5) is 14.5. The van der Waals surface area contributed by atoms with Crippen LogP contribution in [0.4, 0.5) is 5.69 Å². The monoisotopic (exact) mass is 350 g/mol. The zero-order valence-electron chi connectivity index (χ0n) is 15.8. The highest BCUT2D eigenvalue weighted by Gasteiger charge is 2.16. The van der Waals surface area contributed by atoms with Crippen molar-refractivity contribution in [2.24, 2.45) is 0 Å². The molecule has 0 aliphatic heterocycles. The molecule has 0 saturated carbocycles. The van der Waals surface area contributed by atoms with Gasteiger partial charge in [0.1, 0.15) is 5.75 Å². The van der Waals surface area contributed by atoms with Gasteiger partial charge in [-0.1, -0.05) is 23.8 Å². The average molecular weight is 350 g/mol. The molecule has 26 heavy (non-hydrogen) atoms. The van der Waals surface area contributed by atoms with Crippen LogP contribution in [0.25, 0.3) is 0 Å². The molecule has 0 radical (unpaired) electrons. The van der Waals surface area contributed by atoms with E-state index < -0.39 is 0 Å². The zero-order chi connectivity index (χ0) is 18.9. The van der Waals surface area contributed by atoms with Crippen LogP contribution in [-0.2, 0) is 11.2 Å². The van der Waals surface area contributed by atoms with Gasteiger partial charge >= 0.3 is 0 Å². The van der Waals surface area contributed by atoms with E-state index >= 15 is 0 Å². The number of ether oxygens (including phenoxy) is 1. The first kappa shape index (κ1) is 19.5. The topological polar surface area (TPSA) is 53.3 Å². The van der Waals surface area contributed by atoms with Gasteiger partial charge in [-0.3, -0.25) is 4.79 Å². The summed E-state index contributed by atoms with van der Waals surface area (Å²) in [6, 6.07) is 15.9. The van der Waals surface area contributed by atoms with E-state index in [4.69, 9.17) is 10.00 Å². The minimum Gasteiger partial charge on any atom is -0.494 e. The van der Waals surface area contributed by atoms with Gasteiger partial charge in [0.05, 0.1) is 19.1 Å². The Labute approximate surface area is 156 Å². The second kappa shape index (κ2) is 9.62. The van der Waals surface area contributed by atoms with Gasteiger partial charge in [-0.05, 0) is 62.6 Å². The molecule has 0 spiro atoms. The van der Waals surface area contributed by atoms with Crippen LogP contribution in [-0.4, -0.2) is 19.1 Å². The molecule has 2 aromatic rings. The van der Waals surface area contributed by atoms with E-state index in [1.54, 1.807) is 4.90 Å². The van der Waals surface area contributed by atoms with E-state index in [0.29, 0.717) is 32.4 Å². The molecule has 0 heterocycles. The van der Waals surface area contributed by atoms with Crippen LogP contribution in [0.1, 0.15) is 36.5 Å². The summed E-state index contributed by atoms with van der Waals surface area (Å²) in [5.41, 5.74) is 4.43. The van der Waals surface area contributed by atoms with Crippen LogP contribution < -0.4 is 9.64 Å². The summed E-state index contributed by atoms with van der Waals surface area (Å²) in [6.45, 7) is 7.08. The van der Waals surface area contributed by atoms with Crippen molar-refractivity contribution in [1.29, 1.82) is 5.26 Å². The van der Waals surface area contributed by atoms with Crippen LogP contribution in [0.2, 0.25) is 0 Å². The fourth-order valence-electron chi connectivity index (χ4n) is 2.95. The maximum absolute atomic E-state index is 12.8. The Kier molecular flexibility index (Phi) is 7.23. The number of anilines is 1. The molecule has 0 atom stereocenters. The first-order valence-corrected chi connectivity index (χ1v) is 9.01. The fraction of sp³-hybridized carbons (Fsp3) is 0.364. The van der Waals surface area contributed by atoms with Crippen LogP contribution in [0.3, 0.4) is 0 Å². The number of hydrogen-bond donors (Lipinski definition) is 0. The first-order chi connectivity index (χ1) is 12.5. The number of rotatable bonds is 8. The van der Waals surface area contributed by atoms with Crippen LogP contribution in [0, 0.1) is 25.2 Å².